The summed E-state index contributed by atoms with van der Waals surface area (Å²) in [5.74, 6) is -0.392. The Morgan fingerprint density at radius 2 is 2.37 bits per heavy atom. The summed E-state index contributed by atoms with van der Waals surface area (Å²) in [6.07, 6.45) is 2.46. The van der Waals surface area contributed by atoms with Gasteiger partial charge in [0.05, 0.1) is 5.56 Å². The van der Waals surface area contributed by atoms with Crippen LogP contribution in [0.3, 0.4) is 0 Å². The molecule has 0 amide bonds. The van der Waals surface area contributed by atoms with Crippen LogP contribution in [0.25, 0.3) is 0 Å². The van der Waals surface area contributed by atoms with Crippen molar-refractivity contribution in [1.82, 2.24) is 10.2 Å². The van der Waals surface area contributed by atoms with Gasteiger partial charge in [-0.15, -0.1) is 0 Å². The monoisotopic (exact) mass is 261 g/mol. The Labute approximate surface area is 114 Å². The van der Waals surface area contributed by atoms with Gasteiger partial charge in [0.15, 0.2) is 0 Å². The first-order valence-corrected chi connectivity index (χ1v) is 6.88. The van der Waals surface area contributed by atoms with E-state index in [1.165, 1.54) is 25.5 Å². The predicted octanol–water partition coefficient (Wildman–Crippen LogP) is 2.27. The van der Waals surface area contributed by atoms with Crippen molar-refractivity contribution in [2.75, 3.05) is 19.6 Å². The molecule has 1 atom stereocenters. The third-order valence-corrected chi connectivity index (χ3v) is 3.80. The van der Waals surface area contributed by atoms with Gasteiger partial charge < -0.3 is 5.32 Å². The second-order valence-electron chi connectivity index (χ2n) is 4.95. The van der Waals surface area contributed by atoms with Gasteiger partial charge in [0.2, 0.25) is 0 Å². The maximum absolute atomic E-state index is 13.8. The van der Waals surface area contributed by atoms with Crippen LogP contribution in [0.1, 0.15) is 30.9 Å². The number of hydrogen-bond acceptors (Lipinski definition) is 3. The summed E-state index contributed by atoms with van der Waals surface area (Å²) < 4.78 is 13.8. The number of hydrogen-bond donors (Lipinski definition) is 1. The molecule has 0 spiro atoms. The predicted molar refractivity (Wildman–Crippen MR) is 73.1 cm³/mol. The van der Waals surface area contributed by atoms with Crippen LogP contribution >= 0.6 is 0 Å². The molecule has 1 aliphatic rings. The van der Waals surface area contributed by atoms with Gasteiger partial charge in [-0.2, -0.15) is 5.26 Å². The highest BCUT2D eigenvalue weighted by atomic mass is 19.1. The molecule has 0 bridgehead atoms. The van der Waals surface area contributed by atoms with Crippen molar-refractivity contribution in [1.29, 1.82) is 5.26 Å². The van der Waals surface area contributed by atoms with Crippen LogP contribution in [0.5, 0.6) is 0 Å². The van der Waals surface area contributed by atoms with E-state index in [0.29, 0.717) is 18.2 Å². The van der Waals surface area contributed by atoms with E-state index in [4.69, 9.17) is 5.26 Å². The summed E-state index contributed by atoms with van der Waals surface area (Å²) in [4.78, 5) is 2.45. The van der Waals surface area contributed by atoms with E-state index in [1.807, 2.05) is 6.07 Å². The van der Waals surface area contributed by atoms with Crippen LogP contribution in [-0.2, 0) is 6.54 Å². The minimum atomic E-state index is -0.392. The Balaban J connectivity index is 1.88. The number of nitriles is 1. The van der Waals surface area contributed by atoms with Gasteiger partial charge in [0.25, 0.3) is 0 Å². The fraction of sp³-hybridized carbons (Fsp3) is 0.533. The third kappa shape index (κ3) is 3.31. The normalized spacial score (nSPS) is 19.5. The number of nitrogens with one attached hydrogen (secondary N) is 1. The lowest BCUT2D eigenvalue weighted by atomic mass is 10.1. The topological polar surface area (TPSA) is 39.1 Å². The Morgan fingerprint density at radius 3 is 3.11 bits per heavy atom. The minimum Gasteiger partial charge on any atom is -0.311 e. The van der Waals surface area contributed by atoms with Crippen LogP contribution in [0.4, 0.5) is 4.39 Å². The van der Waals surface area contributed by atoms with E-state index < -0.39 is 5.82 Å². The highest BCUT2D eigenvalue weighted by Gasteiger charge is 2.22. The Morgan fingerprint density at radius 1 is 1.53 bits per heavy atom. The third-order valence-electron chi connectivity index (χ3n) is 3.80. The van der Waals surface area contributed by atoms with Crippen molar-refractivity contribution in [2.24, 2.45) is 0 Å². The van der Waals surface area contributed by atoms with Crippen LogP contribution in [0, 0.1) is 17.1 Å². The number of likely N-dealkylation sites (N-methyl/N-ethyl adjacent to an activating group) is 1. The summed E-state index contributed by atoms with van der Waals surface area (Å²) in [6.45, 7) is 5.78. The van der Waals surface area contributed by atoms with Crippen molar-refractivity contribution < 1.29 is 4.39 Å². The van der Waals surface area contributed by atoms with Gasteiger partial charge in [0, 0.05) is 24.7 Å². The standard InChI is InChI=1S/C15H20FN3/c1-2-19-8-4-7-14(19)11-18-10-13-6-3-5-12(9-17)15(13)16/h3,5-6,14,18H,2,4,7-8,10-11H2,1H3. The highest BCUT2D eigenvalue weighted by Crippen LogP contribution is 2.16. The Hall–Kier alpha value is -1.44. The molecule has 1 saturated heterocycles. The molecule has 1 fully saturated rings. The molecule has 2 rings (SSSR count). The fourth-order valence-corrected chi connectivity index (χ4v) is 2.72. The molecular weight excluding hydrogens is 241 g/mol. The zero-order valence-corrected chi connectivity index (χ0v) is 11.3. The molecule has 0 aromatic heterocycles. The first kappa shape index (κ1) is 14.0. The summed E-state index contributed by atoms with van der Waals surface area (Å²) in [5.41, 5.74) is 0.690. The molecule has 0 aliphatic carbocycles. The summed E-state index contributed by atoms with van der Waals surface area (Å²) in [5, 5.41) is 12.1. The zero-order valence-electron chi connectivity index (χ0n) is 11.3. The second-order valence-corrected chi connectivity index (χ2v) is 4.95. The molecular formula is C15H20FN3. The van der Waals surface area contributed by atoms with Crippen molar-refractivity contribution in [2.45, 2.75) is 32.4 Å². The van der Waals surface area contributed by atoms with Crippen LogP contribution in [-0.4, -0.2) is 30.6 Å². The Kier molecular flexibility index (Phi) is 4.89. The second kappa shape index (κ2) is 6.65. The van der Waals surface area contributed by atoms with E-state index in [1.54, 1.807) is 12.1 Å². The highest BCUT2D eigenvalue weighted by molar-refractivity contribution is 5.34. The van der Waals surface area contributed by atoms with Gasteiger partial charge in [0.1, 0.15) is 11.9 Å². The van der Waals surface area contributed by atoms with Crippen molar-refractivity contribution >= 4 is 0 Å². The SMILES string of the molecule is CCN1CCCC1CNCc1cccc(C#N)c1F. The van der Waals surface area contributed by atoms with Crippen LogP contribution in [0.2, 0.25) is 0 Å². The largest absolute Gasteiger partial charge is 0.311 e. The van der Waals surface area contributed by atoms with Crippen molar-refractivity contribution in [3.8, 4) is 6.07 Å². The number of nitrogens with zero attached hydrogens (tertiary/aromatic N) is 2. The number of likely N-dealkylation sites (tertiary alicyclic amines) is 1. The average molecular weight is 261 g/mol. The lowest BCUT2D eigenvalue weighted by molar-refractivity contribution is 0.259. The van der Waals surface area contributed by atoms with Crippen LogP contribution in [0.15, 0.2) is 18.2 Å². The van der Waals surface area contributed by atoms with Crippen molar-refractivity contribution in [3.63, 3.8) is 0 Å². The molecule has 1 unspecified atom stereocenters. The first-order chi connectivity index (χ1) is 9.26. The molecule has 1 aliphatic heterocycles. The summed E-state index contributed by atoms with van der Waals surface area (Å²) in [6, 6.07) is 7.40. The van der Waals surface area contributed by atoms with Gasteiger partial charge in [-0.1, -0.05) is 19.1 Å². The van der Waals surface area contributed by atoms with E-state index in [0.717, 1.165) is 13.1 Å². The maximum atomic E-state index is 13.8. The lowest BCUT2D eigenvalue weighted by Crippen LogP contribution is -2.37. The van der Waals surface area contributed by atoms with E-state index in [-0.39, 0.29) is 5.56 Å². The Bertz CT molecular complexity index is 467. The zero-order chi connectivity index (χ0) is 13.7. The summed E-state index contributed by atoms with van der Waals surface area (Å²) in [7, 11) is 0. The van der Waals surface area contributed by atoms with Gasteiger partial charge in [-0.05, 0) is 32.0 Å². The maximum Gasteiger partial charge on any atom is 0.145 e. The smallest absolute Gasteiger partial charge is 0.145 e. The molecule has 19 heavy (non-hydrogen) atoms. The summed E-state index contributed by atoms with van der Waals surface area (Å²) >= 11 is 0. The van der Waals surface area contributed by atoms with Gasteiger partial charge >= 0.3 is 0 Å². The van der Waals surface area contributed by atoms with Crippen LogP contribution < -0.4 is 5.32 Å². The molecule has 0 radical (unpaired) electrons. The molecule has 3 nitrogen and oxygen atoms in total. The first-order valence-electron chi connectivity index (χ1n) is 6.88. The number of halogens is 1. The van der Waals surface area contributed by atoms with E-state index >= 15 is 0 Å². The average Bonchev–Trinajstić information content (AvgIpc) is 2.88. The lowest BCUT2D eigenvalue weighted by Gasteiger charge is -2.23. The molecule has 1 aromatic rings. The quantitative estimate of drug-likeness (QED) is 0.883. The molecule has 4 heteroatoms. The van der Waals surface area contributed by atoms with Crippen molar-refractivity contribution in [3.05, 3.63) is 35.1 Å². The molecule has 0 saturated carbocycles. The molecule has 1 aromatic carbocycles. The molecule has 1 heterocycles. The number of rotatable bonds is 5. The molecule has 1 N–H and O–H groups in total. The van der Waals surface area contributed by atoms with E-state index in [2.05, 4.69) is 17.1 Å². The van der Waals surface area contributed by atoms with Gasteiger partial charge in [-0.3, -0.25) is 4.90 Å². The number of benzene rings is 1. The minimum absolute atomic E-state index is 0.121. The van der Waals surface area contributed by atoms with E-state index in [9.17, 15) is 4.39 Å². The van der Waals surface area contributed by atoms with Gasteiger partial charge in [-0.25, -0.2) is 4.39 Å². The fourth-order valence-electron chi connectivity index (χ4n) is 2.72. The molecule has 102 valence electrons.